The monoisotopic (exact) mass is 332 g/mol. The SMILES string of the molecule is CN(C)Cc1nnc([C@H]2CCCN(C(=O)Cn3cncn3)C2)n1C. The van der Waals surface area contributed by atoms with Gasteiger partial charge in [0, 0.05) is 26.1 Å². The standard InChI is InChI=1S/C15H24N8O/c1-20(2)8-13-18-19-15(21(13)3)12-5-4-6-22(7-12)14(24)9-23-11-16-10-17-23/h10-12H,4-9H2,1-3H3/t12-/m0/s1. The molecule has 1 saturated heterocycles. The molecule has 0 spiro atoms. The first-order valence-electron chi connectivity index (χ1n) is 8.17. The lowest BCUT2D eigenvalue weighted by atomic mass is 9.97. The van der Waals surface area contributed by atoms with Gasteiger partial charge < -0.3 is 14.4 Å². The fourth-order valence-corrected chi connectivity index (χ4v) is 3.12. The summed E-state index contributed by atoms with van der Waals surface area (Å²) >= 11 is 0. The summed E-state index contributed by atoms with van der Waals surface area (Å²) in [4.78, 5) is 20.3. The van der Waals surface area contributed by atoms with E-state index in [1.165, 1.54) is 6.33 Å². The van der Waals surface area contributed by atoms with Gasteiger partial charge in [-0.1, -0.05) is 0 Å². The highest BCUT2D eigenvalue weighted by Gasteiger charge is 2.28. The highest BCUT2D eigenvalue weighted by atomic mass is 16.2. The van der Waals surface area contributed by atoms with Crippen LogP contribution >= 0.6 is 0 Å². The number of likely N-dealkylation sites (tertiary alicyclic amines) is 1. The molecule has 1 fully saturated rings. The van der Waals surface area contributed by atoms with E-state index in [1.54, 1.807) is 11.0 Å². The number of aromatic nitrogens is 6. The number of nitrogens with zero attached hydrogens (tertiary/aromatic N) is 8. The van der Waals surface area contributed by atoms with E-state index in [0.717, 1.165) is 37.6 Å². The third-order valence-corrected chi connectivity index (χ3v) is 4.36. The first-order valence-corrected chi connectivity index (χ1v) is 8.17. The van der Waals surface area contributed by atoms with Gasteiger partial charge in [-0.25, -0.2) is 9.67 Å². The second-order valence-corrected chi connectivity index (χ2v) is 6.54. The molecule has 2 aromatic rings. The molecule has 0 bridgehead atoms. The lowest BCUT2D eigenvalue weighted by Gasteiger charge is -2.32. The average molecular weight is 332 g/mol. The van der Waals surface area contributed by atoms with Crippen molar-refractivity contribution in [2.45, 2.75) is 31.8 Å². The molecule has 3 rings (SSSR count). The molecule has 2 aromatic heterocycles. The number of carbonyl (C=O) groups is 1. The normalized spacial score (nSPS) is 18.3. The van der Waals surface area contributed by atoms with E-state index in [4.69, 9.17) is 0 Å². The Morgan fingerprint density at radius 2 is 2.21 bits per heavy atom. The van der Waals surface area contributed by atoms with E-state index in [9.17, 15) is 4.79 Å². The van der Waals surface area contributed by atoms with Crippen LogP contribution < -0.4 is 0 Å². The van der Waals surface area contributed by atoms with Crippen molar-refractivity contribution in [3.8, 4) is 0 Å². The Balaban J connectivity index is 1.67. The van der Waals surface area contributed by atoms with E-state index < -0.39 is 0 Å². The maximum absolute atomic E-state index is 12.5. The average Bonchev–Trinajstić information content (AvgIpc) is 3.18. The number of hydrogen-bond donors (Lipinski definition) is 0. The minimum absolute atomic E-state index is 0.0703. The highest BCUT2D eigenvalue weighted by Crippen LogP contribution is 2.26. The largest absolute Gasteiger partial charge is 0.340 e. The van der Waals surface area contributed by atoms with Crippen LogP contribution in [0.1, 0.15) is 30.4 Å². The van der Waals surface area contributed by atoms with Crippen LogP contribution in [0, 0.1) is 0 Å². The molecule has 1 aliphatic rings. The van der Waals surface area contributed by atoms with Crippen LogP contribution in [0.25, 0.3) is 0 Å². The molecule has 24 heavy (non-hydrogen) atoms. The maximum atomic E-state index is 12.5. The summed E-state index contributed by atoms with van der Waals surface area (Å²) in [6, 6.07) is 0. The van der Waals surface area contributed by atoms with Gasteiger partial charge >= 0.3 is 0 Å². The summed E-state index contributed by atoms with van der Waals surface area (Å²) in [7, 11) is 6.03. The summed E-state index contributed by atoms with van der Waals surface area (Å²) in [6.07, 6.45) is 5.01. The molecule has 9 nitrogen and oxygen atoms in total. The first-order chi connectivity index (χ1) is 11.5. The fourth-order valence-electron chi connectivity index (χ4n) is 3.12. The Labute approximate surface area is 141 Å². The quantitative estimate of drug-likeness (QED) is 0.758. The van der Waals surface area contributed by atoms with Crippen molar-refractivity contribution in [3.63, 3.8) is 0 Å². The van der Waals surface area contributed by atoms with Crippen LogP contribution in [0.3, 0.4) is 0 Å². The zero-order valence-electron chi connectivity index (χ0n) is 14.5. The second-order valence-electron chi connectivity index (χ2n) is 6.54. The highest BCUT2D eigenvalue weighted by molar-refractivity contribution is 5.76. The van der Waals surface area contributed by atoms with E-state index in [2.05, 4.69) is 29.7 Å². The molecule has 0 N–H and O–H groups in total. The van der Waals surface area contributed by atoms with E-state index in [-0.39, 0.29) is 18.4 Å². The van der Waals surface area contributed by atoms with Gasteiger partial charge in [0.1, 0.15) is 30.8 Å². The van der Waals surface area contributed by atoms with Crippen LogP contribution in [0.4, 0.5) is 0 Å². The van der Waals surface area contributed by atoms with Crippen LogP contribution in [0.2, 0.25) is 0 Å². The Morgan fingerprint density at radius 1 is 1.38 bits per heavy atom. The van der Waals surface area contributed by atoms with Crippen LogP contribution in [0.15, 0.2) is 12.7 Å². The van der Waals surface area contributed by atoms with Crippen LogP contribution in [-0.2, 0) is 24.9 Å². The summed E-state index contributed by atoms with van der Waals surface area (Å²) in [5.74, 6) is 2.21. The summed E-state index contributed by atoms with van der Waals surface area (Å²) in [5, 5.41) is 12.7. The Kier molecular flexibility index (Phi) is 4.89. The number of carbonyl (C=O) groups excluding carboxylic acids is 1. The predicted octanol–water partition coefficient (Wildman–Crippen LogP) is -0.126. The van der Waals surface area contributed by atoms with Crippen LogP contribution in [-0.4, -0.2) is 72.4 Å². The Morgan fingerprint density at radius 3 is 2.92 bits per heavy atom. The Bertz CT molecular complexity index is 678. The predicted molar refractivity (Wildman–Crippen MR) is 87.0 cm³/mol. The molecule has 9 heteroatoms. The van der Waals surface area contributed by atoms with E-state index in [0.29, 0.717) is 6.54 Å². The van der Waals surface area contributed by atoms with Gasteiger partial charge in [0.15, 0.2) is 0 Å². The number of rotatable bonds is 5. The zero-order chi connectivity index (χ0) is 17.1. The molecule has 1 atom stereocenters. The smallest absolute Gasteiger partial charge is 0.244 e. The lowest BCUT2D eigenvalue weighted by molar-refractivity contribution is -0.133. The third kappa shape index (κ3) is 3.61. The van der Waals surface area contributed by atoms with E-state index >= 15 is 0 Å². The van der Waals surface area contributed by atoms with Crippen molar-refractivity contribution in [1.82, 2.24) is 39.3 Å². The minimum Gasteiger partial charge on any atom is -0.340 e. The molecule has 0 aromatic carbocycles. The topological polar surface area (TPSA) is 85.0 Å². The third-order valence-electron chi connectivity index (χ3n) is 4.36. The van der Waals surface area contributed by atoms with Gasteiger partial charge in [-0.3, -0.25) is 4.79 Å². The summed E-state index contributed by atoms with van der Waals surface area (Å²) in [5.41, 5.74) is 0. The van der Waals surface area contributed by atoms with Gasteiger partial charge in [-0.2, -0.15) is 5.10 Å². The molecule has 0 saturated carbocycles. The van der Waals surface area contributed by atoms with Crippen molar-refractivity contribution in [2.24, 2.45) is 7.05 Å². The molecule has 0 unspecified atom stereocenters. The molecule has 0 radical (unpaired) electrons. The minimum atomic E-state index is 0.0703. The molecule has 1 aliphatic heterocycles. The molecule has 1 amide bonds. The molecule has 3 heterocycles. The summed E-state index contributed by atoms with van der Waals surface area (Å²) in [6.45, 7) is 2.45. The number of piperidine rings is 1. The van der Waals surface area contributed by atoms with E-state index in [1.807, 2.05) is 26.0 Å². The molecule has 130 valence electrons. The van der Waals surface area contributed by atoms with Gasteiger partial charge in [0.2, 0.25) is 5.91 Å². The zero-order valence-corrected chi connectivity index (χ0v) is 14.5. The fraction of sp³-hybridized carbons (Fsp3) is 0.667. The first kappa shape index (κ1) is 16.6. The van der Waals surface area contributed by atoms with Crippen molar-refractivity contribution < 1.29 is 4.79 Å². The number of hydrogen-bond acceptors (Lipinski definition) is 6. The molecular weight excluding hydrogens is 308 g/mol. The maximum Gasteiger partial charge on any atom is 0.244 e. The molecular formula is C15H24N8O. The van der Waals surface area contributed by atoms with Crippen molar-refractivity contribution in [3.05, 3.63) is 24.3 Å². The second kappa shape index (κ2) is 7.08. The van der Waals surface area contributed by atoms with Crippen molar-refractivity contribution in [1.29, 1.82) is 0 Å². The van der Waals surface area contributed by atoms with Crippen LogP contribution in [0.5, 0.6) is 0 Å². The van der Waals surface area contributed by atoms with Gasteiger partial charge in [-0.15, -0.1) is 10.2 Å². The van der Waals surface area contributed by atoms with Gasteiger partial charge in [0.25, 0.3) is 0 Å². The van der Waals surface area contributed by atoms with Gasteiger partial charge in [-0.05, 0) is 26.9 Å². The van der Waals surface area contributed by atoms with Gasteiger partial charge in [0.05, 0.1) is 6.54 Å². The Hall–Kier alpha value is -2.29. The van der Waals surface area contributed by atoms with Crippen molar-refractivity contribution >= 4 is 5.91 Å². The van der Waals surface area contributed by atoms with Crippen molar-refractivity contribution in [2.75, 3.05) is 27.2 Å². The molecule has 0 aliphatic carbocycles. The number of amides is 1. The summed E-state index contributed by atoms with van der Waals surface area (Å²) < 4.78 is 3.62. The lowest BCUT2D eigenvalue weighted by Crippen LogP contribution is -2.41.